The lowest BCUT2D eigenvalue weighted by Crippen LogP contribution is -2.33. The number of thioether (sulfide) groups is 1. The molecule has 6 heteroatoms. The minimum atomic E-state index is 0.205. The van der Waals surface area contributed by atoms with Crippen molar-refractivity contribution in [1.29, 1.82) is 0 Å². The van der Waals surface area contributed by atoms with Crippen LogP contribution >= 0.6 is 23.3 Å². The first-order chi connectivity index (χ1) is 7.36. The van der Waals surface area contributed by atoms with Gasteiger partial charge in [-0.3, -0.25) is 0 Å². The van der Waals surface area contributed by atoms with Crippen molar-refractivity contribution in [3.05, 3.63) is 6.33 Å². The molecule has 1 aromatic heterocycles. The zero-order valence-electron chi connectivity index (χ0n) is 8.85. The highest BCUT2D eigenvalue weighted by Gasteiger charge is 2.06. The van der Waals surface area contributed by atoms with E-state index in [4.69, 9.17) is 5.11 Å². The van der Waals surface area contributed by atoms with Crippen LogP contribution in [0, 0.1) is 0 Å². The second kappa shape index (κ2) is 8.04. The quantitative estimate of drug-likeness (QED) is 0.680. The molecule has 0 spiro atoms. The predicted molar refractivity (Wildman–Crippen MR) is 64.4 cm³/mol. The van der Waals surface area contributed by atoms with Crippen molar-refractivity contribution in [2.24, 2.45) is 0 Å². The fraction of sp³-hybridized carbons (Fsp3) is 0.778. The molecule has 0 aliphatic heterocycles. The van der Waals surface area contributed by atoms with Crippen LogP contribution in [-0.2, 0) is 0 Å². The summed E-state index contributed by atoms with van der Waals surface area (Å²) in [6.07, 6.45) is 3.63. The predicted octanol–water partition coefficient (Wildman–Crippen LogP) is 1.38. The molecule has 0 bridgehead atoms. The highest BCUT2D eigenvalue weighted by Crippen LogP contribution is 2.19. The van der Waals surface area contributed by atoms with E-state index >= 15 is 0 Å². The second-order valence-electron chi connectivity index (χ2n) is 3.18. The van der Waals surface area contributed by atoms with Crippen LogP contribution in [0.4, 0.5) is 0 Å². The minimum absolute atomic E-state index is 0.205. The SMILES string of the molecule is CCCNC(CO)CCSc1ncns1. The largest absolute Gasteiger partial charge is 0.395 e. The highest BCUT2D eigenvalue weighted by molar-refractivity contribution is 8.00. The highest BCUT2D eigenvalue weighted by atomic mass is 32.2. The molecule has 2 N–H and O–H groups in total. The van der Waals surface area contributed by atoms with Gasteiger partial charge < -0.3 is 10.4 Å². The lowest BCUT2D eigenvalue weighted by atomic mass is 10.2. The average Bonchev–Trinajstić information content (AvgIpc) is 2.76. The number of aromatic nitrogens is 2. The Bertz CT molecular complexity index is 244. The Hall–Kier alpha value is -0.170. The molecule has 0 saturated carbocycles. The normalized spacial score (nSPS) is 12.9. The molecule has 0 saturated heterocycles. The van der Waals surface area contributed by atoms with Crippen LogP contribution in [-0.4, -0.2) is 39.4 Å². The summed E-state index contributed by atoms with van der Waals surface area (Å²) in [7, 11) is 0. The summed E-state index contributed by atoms with van der Waals surface area (Å²) in [5, 5.41) is 12.4. The van der Waals surface area contributed by atoms with Crippen LogP contribution in [0.15, 0.2) is 10.7 Å². The van der Waals surface area contributed by atoms with Crippen LogP contribution in [0.3, 0.4) is 0 Å². The van der Waals surface area contributed by atoms with E-state index in [9.17, 15) is 0 Å². The average molecular weight is 247 g/mol. The van der Waals surface area contributed by atoms with Gasteiger partial charge in [0, 0.05) is 11.8 Å². The molecule has 4 nitrogen and oxygen atoms in total. The van der Waals surface area contributed by atoms with Gasteiger partial charge in [0.2, 0.25) is 0 Å². The molecule has 1 unspecified atom stereocenters. The molecule has 1 rings (SSSR count). The smallest absolute Gasteiger partial charge is 0.169 e. The Morgan fingerprint density at radius 3 is 3.13 bits per heavy atom. The van der Waals surface area contributed by atoms with Gasteiger partial charge in [0.1, 0.15) is 6.33 Å². The molecule has 0 fully saturated rings. The summed E-state index contributed by atoms with van der Waals surface area (Å²) in [6, 6.07) is 0.213. The van der Waals surface area contributed by atoms with E-state index in [0.717, 1.165) is 29.5 Å². The first-order valence-corrected chi connectivity index (χ1v) is 6.86. The van der Waals surface area contributed by atoms with Crippen molar-refractivity contribution in [3.63, 3.8) is 0 Å². The Kier molecular flexibility index (Phi) is 6.91. The number of hydrogen-bond donors (Lipinski definition) is 2. The number of aliphatic hydroxyl groups excluding tert-OH is 1. The topological polar surface area (TPSA) is 58.0 Å². The first-order valence-electron chi connectivity index (χ1n) is 5.10. The third kappa shape index (κ3) is 5.46. The minimum Gasteiger partial charge on any atom is -0.395 e. The standard InChI is InChI=1S/C9H17N3OS2/c1-2-4-10-8(6-13)3-5-14-9-11-7-12-15-9/h7-8,10,13H,2-6H2,1H3. The maximum Gasteiger partial charge on any atom is 0.169 e. The van der Waals surface area contributed by atoms with Crippen LogP contribution in [0.25, 0.3) is 0 Å². The third-order valence-corrected chi connectivity index (χ3v) is 3.77. The van der Waals surface area contributed by atoms with E-state index in [2.05, 4.69) is 21.6 Å². The molecule has 0 aliphatic carbocycles. The van der Waals surface area contributed by atoms with Crippen molar-refractivity contribution in [1.82, 2.24) is 14.7 Å². The summed E-state index contributed by atoms with van der Waals surface area (Å²) in [6.45, 7) is 3.29. The van der Waals surface area contributed by atoms with E-state index in [1.165, 1.54) is 11.5 Å². The number of nitrogens with one attached hydrogen (secondary N) is 1. The molecule has 0 aliphatic rings. The second-order valence-corrected chi connectivity index (χ2v) is 5.30. The Morgan fingerprint density at radius 1 is 1.67 bits per heavy atom. The van der Waals surface area contributed by atoms with Gasteiger partial charge in [-0.15, -0.1) is 0 Å². The van der Waals surface area contributed by atoms with Crippen LogP contribution < -0.4 is 5.32 Å². The van der Waals surface area contributed by atoms with Crippen LogP contribution in [0.5, 0.6) is 0 Å². The van der Waals surface area contributed by atoms with Gasteiger partial charge in [-0.2, -0.15) is 4.37 Å². The van der Waals surface area contributed by atoms with Crippen molar-refractivity contribution in [3.8, 4) is 0 Å². The molecular formula is C9H17N3OS2. The summed E-state index contributed by atoms with van der Waals surface area (Å²) in [5.74, 6) is 0.969. The fourth-order valence-corrected chi connectivity index (χ4v) is 2.69. The van der Waals surface area contributed by atoms with Gasteiger partial charge in [-0.1, -0.05) is 18.7 Å². The molecule has 86 valence electrons. The van der Waals surface area contributed by atoms with Crippen LogP contribution in [0.2, 0.25) is 0 Å². The summed E-state index contributed by atoms with van der Waals surface area (Å²) >= 11 is 3.12. The number of rotatable bonds is 8. The molecule has 1 heterocycles. The fourth-order valence-electron chi connectivity index (χ4n) is 1.12. The monoisotopic (exact) mass is 247 g/mol. The van der Waals surface area contributed by atoms with Crippen molar-refractivity contribution >= 4 is 23.3 Å². The number of nitrogens with zero attached hydrogens (tertiary/aromatic N) is 2. The Labute approximate surface area is 98.7 Å². The molecule has 15 heavy (non-hydrogen) atoms. The van der Waals surface area contributed by atoms with E-state index in [1.54, 1.807) is 18.1 Å². The van der Waals surface area contributed by atoms with E-state index in [-0.39, 0.29) is 12.6 Å². The molecule has 1 atom stereocenters. The van der Waals surface area contributed by atoms with Gasteiger partial charge in [-0.25, -0.2) is 4.98 Å². The third-order valence-electron chi connectivity index (χ3n) is 1.94. The van der Waals surface area contributed by atoms with Crippen molar-refractivity contribution in [2.75, 3.05) is 18.9 Å². The lowest BCUT2D eigenvalue weighted by molar-refractivity contribution is 0.240. The number of aliphatic hydroxyl groups is 1. The van der Waals surface area contributed by atoms with Crippen LogP contribution in [0.1, 0.15) is 19.8 Å². The molecular weight excluding hydrogens is 230 g/mol. The van der Waals surface area contributed by atoms with Crippen molar-refractivity contribution < 1.29 is 5.11 Å². The molecule has 0 amide bonds. The Balaban J connectivity index is 2.11. The zero-order valence-corrected chi connectivity index (χ0v) is 10.5. The maximum atomic E-state index is 9.11. The molecule has 0 aromatic carbocycles. The van der Waals surface area contributed by atoms with Gasteiger partial charge in [0.15, 0.2) is 4.34 Å². The Morgan fingerprint density at radius 2 is 2.53 bits per heavy atom. The van der Waals surface area contributed by atoms with Gasteiger partial charge in [0.05, 0.1) is 6.61 Å². The maximum absolute atomic E-state index is 9.11. The van der Waals surface area contributed by atoms with Gasteiger partial charge in [0.25, 0.3) is 0 Å². The summed E-state index contributed by atoms with van der Waals surface area (Å²) in [4.78, 5) is 4.09. The van der Waals surface area contributed by atoms with E-state index in [0.29, 0.717) is 0 Å². The lowest BCUT2D eigenvalue weighted by Gasteiger charge is -2.14. The molecule has 0 radical (unpaired) electrons. The van der Waals surface area contributed by atoms with E-state index < -0.39 is 0 Å². The molecule has 1 aromatic rings. The first kappa shape index (κ1) is 12.9. The van der Waals surface area contributed by atoms with Gasteiger partial charge >= 0.3 is 0 Å². The van der Waals surface area contributed by atoms with Gasteiger partial charge in [-0.05, 0) is 30.9 Å². The number of hydrogen-bond acceptors (Lipinski definition) is 6. The van der Waals surface area contributed by atoms with Crippen molar-refractivity contribution in [2.45, 2.75) is 30.1 Å². The summed E-state index contributed by atoms with van der Waals surface area (Å²) < 4.78 is 4.94. The summed E-state index contributed by atoms with van der Waals surface area (Å²) in [5.41, 5.74) is 0. The zero-order chi connectivity index (χ0) is 10.9. The van der Waals surface area contributed by atoms with E-state index in [1.807, 2.05) is 0 Å².